The first-order valence-corrected chi connectivity index (χ1v) is 6.10. The SMILES string of the molecule is Cc1ccccc1CNC(=O)Nc1cccc(N)c1. The molecule has 0 heterocycles. The van der Waals surface area contributed by atoms with Gasteiger partial charge in [-0.15, -0.1) is 0 Å². The van der Waals surface area contributed by atoms with E-state index in [1.807, 2.05) is 31.2 Å². The number of nitrogens with two attached hydrogens (primary N) is 1. The number of hydrogen-bond acceptors (Lipinski definition) is 2. The summed E-state index contributed by atoms with van der Waals surface area (Å²) < 4.78 is 0. The van der Waals surface area contributed by atoms with E-state index in [9.17, 15) is 4.79 Å². The van der Waals surface area contributed by atoms with Crippen molar-refractivity contribution in [3.05, 3.63) is 59.7 Å². The Hall–Kier alpha value is -2.49. The highest BCUT2D eigenvalue weighted by Gasteiger charge is 2.03. The number of nitrogens with one attached hydrogen (secondary N) is 2. The molecule has 0 unspecified atom stereocenters. The van der Waals surface area contributed by atoms with Crippen molar-refractivity contribution in [2.75, 3.05) is 11.1 Å². The Labute approximate surface area is 112 Å². The van der Waals surface area contributed by atoms with Gasteiger partial charge in [0.15, 0.2) is 0 Å². The van der Waals surface area contributed by atoms with Crippen LogP contribution in [0.4, 0.5) is 16.2 Å². The molecule has 4 heteroatoms. The Kier molecular flexibility index (Phi) is 4.03. The van der Waals surface area contributed by atoms with Gasteiger partial charge in [-0.05, 0) is 36.2 Å². The lowest BCUT2D eigenvalue weighted by atomic mass is 10.1. The van der Waals surface area contributed by atoms with Crippen LogP contribution in [-0.2, 0) is 6.54 Å². The third kappa shape index (κ3) is 3.74. The van der Waals surface area contributed by atoms with E-state index >= 15 is 0 Å². The summed E-state index contributed by atoms with van der Waals surface area (Å²) in [5.74, 6) is 0. The first kappa shape index (κ1) is 13.0. The summed E-state index contributed by atoms with van der Waals surface area (Å²) in [7, 11) is 0. The average molecular weight is 255 g/mol. The fourth-order valence-corrected chi connectivity index (χ4v) is 1.78. The van der Waals surface area contributed by atoms with Crippen LogP contribution in [0.5, 0.6) is 0 Å². The maximum atomic E-state index is 11.7. The normalized spacial score (nSPS) is 9.95. The molecule has 2 amide bonds. The van der Waals surface area contributed by atoms with E-state index in [1.165, 1.54) is 0 Å². The molecule has 0 aliphatic carbocycles. The lowest BCUT2D eigenvalue weighted by Crippen LogP contribution is -2.28. The summed E-state index contributed by atoms with van der Waals surface area (Å²) in [6, 6.07) is 14.8. The zero-order chi connectivity index (χ0) is 13.7. The van der Waals surface area contributed by atoms with Gasteiger partial charge in [0, 0.05) is 17.9 Å². The largest absolute Gasteiger partial charge is 0.399 e. The molecule has 0 fully saturated rings. The highest BCUT2D eigenvalue weighted by atomic mass is 16.2. The molecule has 2 aromatic rings. The molecule has 2 rings (SSSR count). The van der Waals surface area contributed by atoms with Gasteiger partial charge >= 0.3 is 6.03 Å². The van der Waals surface area contributed by atoms with Crippen LogP contribution in [-0.4, -0.2) is 6.03 Å². The summed E-state index contributed by atoms with van der Waals surface area (Å²) in [6.45, 7) is 2.52. The van der Waals surface area contributed by atoms with E-state index in [0.717, 1.165) is 11.1 Å². The van der Waals surface area contributed by atoms with Gasteiger partial charge in [-0.3, -0.25) is 0 Å². The van der Waals surface area contributed by atoms with Gasteiger partial charge in [-0.2, -0.15) is 0 Å². The quantitative estimate of drug-likeness (QED) is 0.738. The van der Waals surface area contributed by atoms with Crippen LogP contribution in [0.3, 0.4) is 0 Å². The maximum absolute atomic E-state index is 11.7. The maximum Gasteiger partial charge on any atom is 0.319 e. The number of nitrogen functional groups attached to an aromatic ring is 1. The minimum atomic E-state index is -0.242. The summed E-state index contributed by atoms with van der Waals surface area (Å²) >= 11 is 0. The molecule has 0 aliphatic heterocycles. The minimum Gasteiger partial charge on any atom is -0.399 e. The molecule has 0 bridgehead atoms. The Balaban J connectivity index is 1.90. The van der Waals surface area contributed by atoms with Crippen molar-refractivity contribution in [1.29, 1.82) is 0 Å². The van der Waals surface area contributed by atoms with Crippen LogP contribution < -0.4 is 16.4 Å². The molecule has 19 heavy (non-hydrogen) atoms. The second kappa shape index (κ2) is 5.91. The number of amides is 2. The predicted molar refractivity (Wildman–Crippen MR) is 77.9 cm³/mol. The van der Waals surface area contributed by atoms with E-state index < -0.39 is 0 Å². The summed E-state index contributed by atoms with van der Waals surface area (Å²) in [5.41, 5.74) is 9.21. The minimum absolute atomic E-state index is 0.242. The van der Waals surface area contributed by atoms with Crippen molar-refractivity contribution in [3.8, 4) is 0 Å². The molecule has 4 N–H and O–H groups in total. The molecule has 0 saturated carbocycles. The highest BCUT2D eigenvalue weighted by molar-refractivity contribution is 5.89. The van der Waals surface area contributed by atoms with Crippen LogP contribution in [0.2, 0.25) is 0 Å². The highest BCUT2D eigenvalue weighted by Crippen LogP contribution is 2.11. The van der Waals surface area contributed by atoms with E-state index in [0.29, 0.717) is 17.9 Å². The van der Waals surface area contributed by atoms with Crippen LogP contribution in [0.1, 0.15) is 11.1 Å². The molecule has 0 aromatic heterocycles. The summed E-state index contributed by atoms with van der Waals surface area (Å²) in [4.78, 5) is 11.7. The average Bonchev–Trinajstić information content (AvgIpc) is 2.38. The van der Waals surface area contributed by atoms with E-state index in [-0.39, 0.29) is 6.03 Å². The smallest absolute Gasteiger partial charge is 0.319 e. The molecule has 0 radical (unpaired) electrons. The van der Waals surface area contributed by atoms with Gasteiger partial charge < -0.3 is 16.4 Å². The van der Waals surface area contributed by atoms with E-state index in [4.69, 9.17) is 5.73 Å². The molecule has 2 aromatic carbocycles. The summed E-state index contributed by atoms with van der Waals surface area (Å²) in [6.07, 6.45) is 0. The molecular weight excluding hydrogens is 238 g/mol. The van der Waals surface area contributed by atoms with E-state index in [2.05, 4.69) is 10.6 Å². The summed E-state index contributed by atoms with van der Waals surface area (Å²) in [5, 5.41) is 5.56. The predicted octanol–water partition coefficient (Wildman–Crippen LogP) is 2.90. The lowest BCUT2D eigenvalue weighted by Gasteiger charge is -2.09. The van der Waals surface area contributed by atoms with Crippen molar-refractivity contribution < 1.29 is 4.79 Å². The Morgan fingerprint density at radius 1 is 1.16 bits per heavy atom. The number of urea groups is 1. The Morgan fingerprint density at radius 3 is 2.68 bits per heavy atom. The first-order valence-electron chi connectivity index (χ1n) is 6.10. The van der Waals surface area contributed by atoms with Gasteiger partial charge in [0.1, 0.15) is 0 Å². The first-order chi connectivity index (χ1) is 9.15. The van der Waals surface area contributed by atoms with Crippen molar-refractivity contribution in [1.82, 2.24) is 5.32 Å². The molecular formula is C15H17N3O. The van der Waals surface area contributed by atoms with Crippen LogP contribution in [0.15, 0.2) is 48.5 Å². The number of hydrogen-bond donors (Lipinski definition) is 3. The number of carbonyl (C=O) groups excluding carboxylic acids is 1. The number of aryl methyl sites for hydroxylation is 1. The number of carbonyl (C=O) groups is 1. The van der Waals surface area contributed by atoms with Crippen molar-refractivity contribution in [3.63, 3.8) is 0 Å². The van der Waals surface area contributed by atoms with E-state index in [1.54, 1.807) is 24.3 Å². The van der Waals surface area contributed by atoms with Crippen molar-refractivity contribution >= 4 is 17.4 Å². The van der Waals surface area contributed by atoms with Crippen molar-refractivity contribution in [2.24, 2.45) is 0 Å². The van der Waals surface area contributed by atoms with Crippen molar-refractivity contribution in [2.45, 2.75) is 13.5 Å². The number of benzene rings is 2. The third-order valence-corrected chi connectivity index (χ3v) is 2.85. The molecule has 0 aliphatic rings. The molecule has 0 spiro atoms. The lowest BCUT2D eigenvalue weighted by molar-refractivity contribution is 0.251. The molecule has 0 atom stereocenters. The standard InChI is InChI=1S/C15H17N3O/c1-11-5-2-3-6-12(11)10-17-15(19)18-14-8-4-7-13(16)9-14/h2-9H,10,16H2,1H3,(H2,17,18,19). The van der Waals surface area contributed by atoms with Gasteiger partial charge in [-0.1, -0.05) is 30.3 Å². The van der Waals surface area contributed by atoms with Gasteiger partial charge in [0.05, 0.1) is 0 Å². The van der Waals surface area contributed by atoms with Crippen LogP contribution in [0.25, 0.3) is 0 Å². The van der Waals surface area contributed by atoms with Gasteiger partial charge in [-0.25, -0.2) is 4.79 Å². The number of anilines is 2. The fourth-order valence-electron chi connectivity index (χ4n) is 1.78. The van der Waals surface area contributed by atoms with Crippen LogP contribution in [0, 0.1) is 6.92 Å². The Morgan fingerprint density at radius 2 is 1.95 bits per heavy atom. The second-order valence-corrected chi connectivity index (χ2v) is 4.36. The fraction of sp³-hybridized carbons (Fsp3) is 0.133. The zero-order valence-electron chi connectivity index (χ0n) is 10.8. The number of rotatable bonds is 3. The molecule has 4 nitrogen and oxygen atoms in total. The molecule has 98 valence electrons. The van der Waals surface area contributed by atoms with Crippen LogP contribution >= 0.6 is 0 Å². The zero-order valence-corrected chi connectivity index (χ0v) is 10.8. The Bertz CT molecular complexity index is 581. The van der Waals surface area contributed by atoms with Gasteiger partial charge in [0.25, 0.3) is 0 Å². The topological polar surface area (TPSA) is 67.2 Å². The molecule has 0 saturated heterocycles. The van der Waals surface area contributed by atoms with Gasteiger partial charge in [0.2, 0.25) is 0 Å². The third-order valence-electron chi connectivity index (χ3n) is 2.85. The monoisotopic (exact) mass is 255 g/mol. The second-order valence-electron chi connectivity index (χ2n) is 4.36.